The molecule has 0 amide bonds. The molecule has 1 heterocycles. The molecular weight excluding hydrogens is 442 g/mol. The Balaban J connectivity index is 2.38. The zero-order chi connectivity index (χ0) is 19.1. The van der Waals surface area contributed by atoms with Crippen molar-refractivity contribution < 1.29 is 17.9 Å². The van der Waals surface area contributed by atoms with Crippen molar-refractivity contribution >= 4 is 54.4 Å². The Hall–Kier alpha value is -1.83. The lowest BCUT2D eigenvalue weighted by molar-refractivity contribution is 0.0517. The summed E-state index contributed by atoms with van der Waals surface area (Å²) >= 11 is 9.39. The lowest BCUT2D eigenvalue weighted by Gasteiger charge is -2.12. The summed E-state index contributed by atoms with van der Waals surface area (Å²) in [7, 11) is -4.03. The van der Waals surface area contributed by atoms with Crippen LogP contribution in [-0.4, -0.2) is 25.0 Å². The van der Waals surface area contributed by atoms with E-state index in [1.54, 1.807) is 37.3 Å². The highest BCUT2D eigenvalue weighted by molar-refractivity contribution is 9.10. The molecule has 0 spiro atoms. The third-order valence-corrected chi connectivity index (χ3v) is 6.62. The van der Waals surface area contributed by atoms with E-state index >= 15 is 0 Å². The second kappa shape index (κ2) is 7.06. The van der Waals surface area contributed by atoms with Crippen LogP contribution in [0.5, 0.6) is 0 Å². The summed E-state index contributed by atoms with van der Waals surface area (Å²) < 4.78 is 33.0. The first kappa shape index (κ1) is 18.9. The van der Waals surface area contributed by atoms with Gasteiger partial charge in [0.2, 0.25) is 0 Å². The summed E-state index contributed by atoms with van der Waals surface area (Å²) in [5, 5.41) is 0.940. The smallest absolute Gasteiger partial charge is 0.357 e. The summed E-state index contributed by atoms with van der Waals surface area (Å²) in [4.78, 5) is 12.6. The van der Waals surface area contributed by atoms with E-state index in [2.05, 4.69) is 15.9 Å². The predicted octanol–water partition coefficient (Wildman–Crippen LogP) is 4.78. The molecule has 0 aliphatic rings. The quantitative estimate of drug-likeness (QED) is 0.530. The fourth-order valence-corrected chi connectivity index (χ4v) is 5.10. The summed E-state index contributed by atoms with van der Waals surface area (Å²) in [6.45, 7) is 3.65. The number of carbonyl (C=O) groups is 1. The molecular formula is C18H15BrClNO4S. The Morgan fingerprint density at radius 1 is 1.19 bits per heavy atom. The number of hydrogen-bond acceptors (Lipinski definition) is 4. The molecule has 5 nitrogen and oxygen atoms in total. The predicted molar refractivity (Wildman–Crippen MR) is 104 cm³/mol. The Morgan fingerprint density at radius 3 is 2.46 bits per heavy atom. The van der Waals surface area contributed by atoms with Gasteiger partial charge in [-0.15, -0.1) is 0 Å². The van der Waals surface area contributed by atoms with E-state index in [0.29, 0.717) is 20.4 Å². The minimum atomic E-state index is -4.03. The Kier molecular flexibility index (Phi) is 5.14. The molecule has 26 heavy (non-hydrogen) atoms. The highest BCUT2D eigenvalue weighted by Gasteiger charge is 2.30. The zero-order valence-electron chi connectivity index (χ0n) is 14.0. The van der Waals surface area contributed by atoms with Gasteiger partial charge in [-0.05, 0) is 60.1 Å². The van der Waals surface area contributed by atoms with E-state index < -0.39 is 16.0 Å². The number of halogens is 2. The molecule has 0 saturated heterocycles. The second-order valence-corrected chi connectivity index (χ2v) is 8.64. The molecule has 0 bridgehead atoms. The van der Waals surface area contributed by atoms with Crippen LogP contribution in [0.3, 0.4) is 0 Å². The lowest BCUT2D eigenvalue weighted by Crippen LogP contribution is -2.20. The zero-order valence-corrected chi connectivity index (χ0v) is 17.2. The van der Waals surface area contributed by atoms with Gasteiger partial charge in [0.1, 0.15) is 0 Å². The van der Waals surface area contributed by atoms with Crippen LogP contribution >= 0.6 is 27.5 Å². The summed E-state index contributed by atoms with van der Waals surface area (Å²) in [6, 6.07) is 11.2. The van der Waals surface area contributed by atoms with Crippen molar-refractivity contribution in [1.82, 2.24) is 3.97 Å². The lowest BCUT2D eigenvalue weighted by atomic mass is 10.2. The van der Waals surface area contributed by atoms with E-state index in [9.17, 15) is 13.2 Å². The molecule has 0 aliphatic heterocycles. The summed E-state index contributed by atoms with van der Waals surface area (Å²) in [5.41, 5.74) is 1.18. The molecule has 0 atom stereocenters. The van der Waals surface area contributed by atoms with E-state index in [1.165, 1.54) is 12.1 Å². The number of rotatable bonds is 4. The average molecular weight is 457 g/mol. The molecule has 0 aliphatic carbocycles. The van der Waals surface area contributed by atoms with E-state index in [4.69, 9.17) is 16.3 Å². The van der Waals surface area contributed by atoms with Gasteiger partial charge in [0, 0.05) is 10.4 Å². The fourth-order valence-electron chi connectivity index (χ4n) is 2.64. The van der Waals surface area contributed by atoms with Crippen molar-refractivity contribution in [2.24, 2.45) is 0 Å². The van der Waals surface area contributed by atoms with Crippen LogP contribution in [0.2, 0.25) is 5.02 Å². The first-order chi connectivity index (χ1) is 12.3. The highest BCUT2D eigenvalue weighted by atomic mass is 79.9. The average Bonchev–Trinajstić information content (AvgIpc) is 2.88. The highest BCUT2D eigenvalue weighted by Crippen LogP contribution is 2.36. The minimum Gasteiger partial charge on any atom is -0.461 e. The SMILES string of the molecule is CCOC(=O)c1c(Br)c2cc(Cl)ccc2n1S(=O)(=O)c1ccc(C)cc1. The van der Waals surface area contributed by atoms with Crippen molar-refractivity contribution in [3.05, 3.63) is 63.2 Å². The molecule has 8 heteroatoms. The number of benzene rings is 2. The first-order valence-corrected chi connectivity index (χ1v) is 10.4. The third kappa shape index (κ3) is 3.15. The van der Waals surface area contributed by atoms with Gasteiger partial charge in [-0.25, -0.2) is 17.2 Å². The number of nitrogens with zero attached hydrogens (tertiary/aromatic N) is 1. The Labute approximate surface area is 164 Å². The van der Waals surface area contributed by atoms with Crippen LogP contribution in [0.1, 0.15) is 23.0 Å². The van der Waals surface area contributed by atoms with Crippen LogP contribution < -0.4 is 0 Å². The second-order valence-electron chi connectivity index (χ2n) is 5.63. The van der Waals surface area contributed by atoms with Gasteiger partial charge in [-0.2, -0.15) is 0 Å². The van der Waals surface area contributed by atoms with Gasteiger partial charge in [-0.1, -0.05) is 29.3 Å². The number of aryl methyl sites for hydroxylation is 1. The van der Waals surface area contributed by atoms with Crippen molar-refractivity contribution in [2.45, 2.75) is 18.7 Å². The summed E-state index contributed by atoms with van der Waals surface area (Å²) in [6.07, 6.45) is 0. The van der Waals surface area contributed by atoms with E-state index in [-0.39, 0.29) is 17.2 Å². The molecule has 3 rings (SSSR count). The van der Waals surface area contributed by atoms with Crippen LogP contribution in [0.15, 0.2) is 51.8 Å². The number of hydrogen-bond donors (Lipinski definition) is 0. The summed E-state index contributed by atoms with van der Waals surface area (Å²) in [5.74, 6) is -0.734. The fraction of sp³-hybridized carbons (Fsp3) is 0.167. The molecule has 3 aromatic rings. The normalized spacial score (nSPS) is 11.7. The standard InChI is InChI=1S/C18H15BrClNO4S/c1-3-25-18(22)17-16(19)14-10-12(20)6-9-15(14)21(17)26(23,24)13-7-4-11(2)5-8-13/h4-10H,3H2,1-2H3. The van der Waals surface area contributed by atoms with Crippen LogP contribution in [0, 0.1) is 6.92 Å². The third-order valence-electron chi connectivity index (χ3n) is 3.85. The van der Waals surface area contributed by atoms with Crippen molar-refractivity contribution in [2.75, 3.05) is 6.61 Å². The van der Waals surface area contributed by atoms with Crippen LogP contribution in [0.25, 0.3) is 10.9 Å². The molecule has 0 fully saturated rings. The maximum atomic E-state index is 13.3. The Bertz CT molecular complexity index is 1100. The molecule has 1 aromatic heterocycles. The molecule has 0 radical (unpaired) electrons. The monoisotopic (exact) mass is 455 g/mol. The number of aromatic nitrogens is 1. The Morgan fingerprint density at radius 2 is 1.85 bits per heavy atom. The number of ether oxygens (including phenoxy) is 1. The van der Waals surface area contributed by atoms with Crippen LogP contribution in [0.4, 0.5) is 0 Å². The van der Waals surface area contributed by atoms with Gasteiger partial charge in [0.15, 0.2) is 5.69 Å². The maximum absolute atomic E-state index is 13.3. The molecule has 0 unspecified atom stereocenters. The van der Waals surface area contributed by atoms with Crippen molar-refractivity contribution in [3.8, 4) is 0 Å². The number of esters is 1. The van der Waals surface area contributed by atoms with E-state index in [0.717, 1.165) is 9.54 Å². The largest absolute Gasteiger partial charge is 0.461 e. The molecule has 0 saturated carbocycles. The van der Waals surface area contributed by atoms with Gasteiger partial charge in [-0.3, -0.25) is 0 Å². The molecule has 0 N–H and O–H groups in total. The van der Waals surface area contributed by atoms with Crippen LogP contribution in [-0.2, 0) is 14.8 Å². The first-order valence-electron chi connectivity index (χ1n) is 7.76. The molecule has 2 aromatic carbocycles. The van der Waals surface area contributed by atoms with Gasteiger partial charge >= 0.3 is 5.97 Å². The van der Waals surface area contributed by atoms with Gasteiger partial charge in [0.25, 0.3) is 10.0 Å². The maximum Gasteiger partial charge on any atom is 0.357 e. The van der Waals surface area contributed by atoms with Crippen molar-refractivity contribution in [1.29, 1.82) is 0 Å². The van der Waals surface area contributed by atoms with Gasteiger partial charge < -0.3 is 4.74 Å². The minimum absolute atomic E-state index is 0.0769. The van der Waals surface area contributed by atoms with Crippen molar-refractivity contribution in [3.63, 3.8) is 0 Å². The number of carbonyl (C=O) groups excluding carboxylic acids is 1. The number of fused-ring (bicyclic) bond motifs is 1. The topological polar surface area (TPSA) is 65.4 Å². The molecule has 136 valence electrons. The van der Waals surface area contributed by atoms with E-state index in [1.807, 2.05) is 6.92 Å². The van der Waals surface area contributed by atoms with Gasteiger partial charge in [0.05, 0.1) is 21.5 Å².